The van der Waals surface area contributed by atoms with Crippen molar-refractivity contribution in [2.45, 2.75) is 43.7 Å². The first-order valence-corrected chi connectivity index (χ1v) is 15.9. The molecular weight excluding hydrogens is 656 g/mol. The minimum Gasteiger partial charge on any atom is -0.461 e. The van der Waals surface area contributed by atoms with E-state index < -0.39 is 46.2 Å². The highest BCUT2D eigenvalue weighted by molar-refractivity contribution is 7.23. The molecule has 48 heavy (non-hydrogen) atoms. The molecule has 2 aliphatic heterocycles. The van der Waals surface area contributed by atoms with E-state index in [2.05, 4.69) is 15.0 Å². The van der Waals surface area contributed by atoms with E-state index in [-0.39, 0.29) is 69.5 Å². The van der Waals surface area contributed by atoms with Crippen LogP contribution < -0.4 is 15.4 Å². The standard InChI is InChI=1S/C33H27F6N7OS/c1-45(14-17-4-2-8-42-13-17)30-20-10-22(33(37,38)39)25(19-5-6-23(35)28-24(19)21(12-40)29(41)48-28)26(36)27(20)43-31(44-30)47-16-32-7-3-9-46(32)15-18(34)11-32/h2,4-6,8,10,13,18H,3,7,9,11,14-16,41H2,1H3/t18-,32+/m1/s1. The summed E-state index contributed by atoms with van der Waals surface area (Å²) in [6, 6.07) is 7.65. The molecule has 8 nitrogen and oxygen atoms in total. The van der Waals surface area contributed by atoms with Crippen molar-refractivity contribution >= 4 is 43.1 Å². The number of pyridine rings is 1. The van der Waals surface area contributed by atoms with Crippen LogP contribution >= 0.6 is 11.3 Å². The van der Waals surface area contributed by atoms with Crippen LogP contribution in [0.4, 0.5) is 37.2 Å². The molecule has 0 saturated carbocycles. The highest BCUT2D eigenvalue weighted by Crippen LogP contribution is 2.48. The smallest absolute Gasteiger partial charge is 0.417 e. The molecule has 248 valence electrons. The summed E-state index contributed by atoms with van der Waals surface area (Å²) in [6.07, 6.45) is -1.21. The Bertz CT molecular complexity index is 2100. The predicted molar refractivity (Wildman–Crippen MR) is 169 cm³/mol. The summed E-state index contributed by atoms with van der Waals surface area (Å²) in [7, 11) is 1.58. The van der Waals surface area contributed by atoms with Gasteiger partial charge in [-0.1, -0.05) is 12.1 Å². The Morgan fingerprint density at radius 1 is 1.23 bits per heavy atom. The van der Waals surface area contributed by atoms with E-state index in [9.17, 15) is 27.2 Å². The van der Waals surface area contributed by atoms with Gasteiger partial charge in [0, 0.05) is 55.3 Å². The van der Waals surface area contributed by atoms with Crippen molar-refractivity contribution < 1.29 is 31.1 Å². The van der Waals surface area contributed by atoms with Gasteiger partial charge in [0.2, 0.25) is 0 Å². The monoisotopic (exact) mass is 683 g/mol. The molecule has 0 radical (unpaired) electrons. The topological polar surface area (TPSA) is 104 Å². The Balaban J connectivity index is 1.45. The first-order chi connectivity index (χ1) is 22.9. The fraction of sp³-hybridized carbons (Fsp3) is 0.333. The van der Waals surface area contributed by atoms with Crippen LogP contribution in [-0.2, 0) is 12.7 Å². The highest BCUT2D eigenvalue weighted by atomic mass is 32.1. The number of hydrogen-bond donors (Lipinski definition) is 1. The molecule has 5 heterocycles. The fourth-order valence-electron chi connectivity index (χ4n) is 7.03. The van der Waals surface area contributed by atoms with E-state index in [1.54, 1.807) is 31.6 Å². The number of halogens is 6. The maximum atomic E-state index is 16.9. The largest absolute Gasteiger partial charge is 0.461 e. The van der Waals surface area contributed by atoms with Gasteiger partial charge < -0.3 is 15.4 Å². The molecule has 15 heteroatoms. The van der Waals surface area contributed by atoms with Crippen LogP contribution in [0.2, 0.25) is 0 Å². The van der Waals surface area contributed by atoms with Crippen molar-refractivity contribution in [3.8, 4) is 23.2 Å². The number of ether oxygens (including phenoxy) is 1. The van der Waals surface area contributed by atoms with Gasteiger partial charge >= 0.3 is 12.2 Å². The van der Waals surface area contributed by atoms with Crippen LogP contribution in [-0.4, -0.2) is 58.3 Å². The third-order valence-corrected chi connectivity index (χ3v) is 10.2. The lowest BCUT2D eigenvalue weighted by Gasteiger charge is -2.31. The first kappa shape index (κ1) is 31.9. The lowest BCUT2D eigenvalue weighted by atomic mass is 9.92. The molecule has 2 fully saturated rings. The van der Waals surface area contributed by atoms with Gasteiger partial charge in [-0.15, -0.1) is 11.3 Å². The second kappa shape index (κ2) is 11.8. The van der Waals surface area contributed by atoms with E-state index >= 15 is 4.39 Å². The Morgan fingerprint density at radius 3 is 2.77 bits per heavy atom. The van der Waals surface area contributed by atoms with Gasteiger partial charge in [-0.25, -0.2) is 13.2 Å². The average molecular weight is 684 g/mol. The van der Waals surface area contributed by atoms with Gasteiger partial charge in [0.15, 0.2) is 5.82 Å². The zero-order chi connectivity index (χ0) is 34.0. The minimum absolute atomic E-state index is 0.00189. The summed E-state index contributed by atoms with van der Waals surface area (Å²) in [4.78, 5) is 16.4. The lowest BCUT2D eigenvalue weighted by Crippen LogP contribution is -2.43. The second-order valence-electron chi connectivity index (χ2n) is 12.2. The van der Waals surface area contributed by atoms with Crippen molar-refractivity contribution in [1.29, 1.82) is 5.26 Å². The number of nitrogens with zero attached hydrogens (tertiary/aromatic N) is 6. The second-order valence-corrected chi connectivity index (χ2v) is 13.2. The third kappa shape index (κ3) is 5.32. The van der Waals surface area contributed by atoms with Crippen molar-refractivity contribution in [2.75, 3.05) is 37.4 Å². The van der Waals surface area contributed by atoms with Crippen LogP contribution in [0.3, 0.4) is 0 Å². The van der Waals surface area contributed by atoms with Crippen LogP contribution in [0.5, 0.6) is 6.01 Å². The summed E-state index contributed by atoms with van der Waals surface area (Å²) >= 11 is 0.686. The average Bonchev–Trinajstić information content (AvgIpc) is 3.69. The molecule has 2 aromatic carbocycles. The Kier molecular flexibility index (Phi) is 7.83. The molecule has 5 aromatic rings. The number of alkyl halides is 4. The van der Waals surface area contributed by atoms with Crippen molar-refractivity contribution in [3.05, 3.63) is 71.1 Å². The van der Waals surface area contributed by atoms with Gasteiger partial charge in [-0.05, 0) is 48.7 Å². The molecule has 0 bridgehead atoms. The Morgan fingerprint density at radius 2 is 2.04 bits per heavy atom. The van der Waals surface area contributed by atoms with E-state index in [1.807, 2.05) is 11.0 Å². The van der Waals surface area contributed by atoms with E-state index in [4.69, 9.17) is 10.5 Å². The normalized spacial score (nSPS) is 19.6. The van der Waals surface area contributed by atoms with Gasteiger partial charge in [-0.3, -0.25) is 9.88 Å². The number of anilines is 2. The Labute approximate surface area is 274 Å². The molecule has 2 atom stereocenters. The number of nitrogen functional groups attached to an aromatic ring is 1. The molecule has 0 aliphatic carbocycles. The maximum absolute atomic E-state index is 16.9. The molecule has 0 unspecified atom stereocenters. The lowest BCUT2D eigenvalue weighted by molar-refractivity contribution is -0.137. The van der Waals surface area contributed by atoms with Gasteiger partial charge in [0.25, 0.3) is 0 Å². The van der Waals surface area contributed by atoms with Crippen LogP contribution in [0.1, 0.15) is 36.0 Å². The summed E-state index contributed by atoms with van der Waals surface area (Å²) in [5, 5.41) is 9.19. The van der Waals surface area contributed by atoms with Gasteiger partial charge in [0.05, 0.1) is 21.4 Å². The van der Waals surface area contributed by atoms with E-state index in [0.717, 1.165) is 24.6 Å². The summed E-state index contributed by atoms with van der Waals surface area (Å²) in [6.45, 7) is 1.11. The van der Waals surface area contributed by atoms with Crippen molar-refractivity contribution in [3.63, 3.8) is 0 Å². The van der Waals surface area contributed by atoms with Crippen LogP contribution in [0, 0.1) is 23.0 Å². The molecule has 0 amide bonds. The van der Waals surface area contributed by atoms with Crippen molar-refractivity contribution in [1.82, 2.24) is 19.9 Å². The van der Waals surface area contributed by atoms with Crippen LogP contribution in [0.15, 0.2) is 42.7 Å². The summed E-state index contributed by atoms with van der Waals surface area (Å²) in [5.74, 6) is -2.23. The fourth-order valence-corrected chi connectivity index (χ4v) is 7.98. The molecule has 3 aromatic heterocycles. The molecular formula is C33H27F6N7OS. The number of thiophene rings is 1. The zero-order valence-corrected chi connectivity index (χ0v) is 26.2. The Hall–Kier alpha value is -4.68. The molecule has 2 saturated heterocycles. The summed E-state index contributed by atoms with van der Waals surface area (Å²) < 4.78 is 96.7. The number of fused-ring (bicyclic) bond motifs is 3. The van der Waals surface area contributed by atoms with Crippen molar-refractivity contribution in [2.24, 2.45) is 0 Å². The number of rotatable bonds is 7. The minimum atomic E-state index is -5.09. The molecule has 2 aliphatic rings. The molecule has 2 N–H and O–H groups in total. The van der Waals surface area contributed by atoms with Gasteiger partial charge in [-0.2, -0.15) is 28.4 Å². The molecule has 0 spiro atoms. The van der Waals surface area contributed by atoms with Crippen LogP contribution in [0.25, 0.3) is 32.1 Å². The number of benzene rings is 2. The van der Waals surface area contributed by atoms with E-state index in [1.165, 1.54) is 4.90 Å². The van der Waals surface area contributed by atoms with Gasteiger partial charge in [0.1, 0.15) is 41.0 Å². The molecule has 7 rings (SSSR count). The third-order valence-electron chi connectivity index (χ3n) is 9.13. The maximum Gasteiger partial charge on any atom is 0.417 e. The number of hydrogen-bond acceptors (Lipinski definition) is 9. The summed E-state index contributed by atoms with van der Waals surface area (Å²) in [5.41, 5.74) is 2.64. The predicted octanol–water partition coefficient (Wildman–Crippen LogP) is 7.25. The van der Waals surface area contributed by atoms with E-state index in [0.29, 0.717) is 29.9 Å². The number of nitriles is 1. The highest BCUT2D eigenvalue weighted by Gasteiger charge is 2.49. The quantitative estimate of drug-likeness (QED) is 0.179. The SMILES string of the molecule is CN(Cc1cccnc1)c1nc(OC[C@@]23CCCN2C[C@H](F)C3)nc2c(F)c(-c3ccc(F)c4sc(N)c(C#N)c34)c(C(F)(F)F)cc12. The first-order valence-electron chi connectivity index (χ1n) is 15.0. The zero-order valence-electron chi connectivity index (χ0n) is 25.4. The number of aromatic nitrogens is 3. The number of nitrogens with two attached hydrogens (primary N) is 1.